The Labute approximate surface area is 159 Å². The number of rotatable bonds is 4. The van der Waals surface area contributed by atoms with Crippen molar-refractivity contribution in [3.05, 3.63) is 96.6 Å². The number of benzene rings is 3. The molecular weight excluding hydrogens is 351 g/mol. The molecular formula is C22H20Cl2O. The molecule has 0 saturated carbocycles. The zero-order valence-electron chi connectivity index (χ0n) is 14.0. The van der Waals surface area contributed by atoms with Gasteiger partial charge in [0.2, 0.25) is 0 Å². The summed E-state index contributed by atoms with van der Waals surface area (Å²) in [5.74, 6) is -0.223. The number of alkyl halides is 2. The first kappa shape index (κ1) is 19.2. The van der Waals surface area contributed by atoms with Gasteiger partial charge in [0.1, 0.15) is 0 Å². The molecule has 0 N–H and O–H groups in total. The van der Waals surface area contributed by atoms with Crippen molar-refractivity contribution in [2.45, 2.75) is 17.7 Å². The smallest absolute Gasteiger partial charge is 0.179 e. The standard InChI is InChI=1S/C12H10.C10H10Cl2O/c1-3-7-11(8-4-1)12-9-5-2-6-10-12;1-8(13)10(11,12)7-9-5-3-2-4-6-9/h1-10H;2-6H,7H2,1H3. The van der Waals surface area contributed by atoms with Gasteiger partial charge in [-0.05, 0) is 23.6 Å². The summed E-state index contributed by atoms with van der Waals surface area (Å²) in [4.78, 5) is 11.0. The molecule has 0 atom stereocenters. The average molecular weight is 371 g/mol. The van der Waals surface area contributed by atoms with Gasteiger partial charge in [-0.25, -0.2) is 0 Å². The van der Waals surface area contributed by atoms with Crippen LogP contribution in [0.2, 0.25) is 0 Å². The molecule has 0 spiro atoms. The summed E-state index contributed by atoms with van der Waals surface area (Å²) in [6.45, 7) is 1.39. The number of ketones is 1. The lowest BCUT2D eigenvalue weighted by Gasteiger charge is -2.15. The number of halogens is 2. The van der Waals surface area contributed by atoms with E-state index in [1.54, 1.807) is 0 Å². The van der Waals surface area contributed by atoms with E-state index in [0.717, 1.165) is 5.56 Å². The molecule has 0 saturated heterocycles. The first-order valence-corrected chi connectivity index (χ1v) is 8.78. The third-order valence-electron chi connectivity index (χ3n) is 3.66. The van der Waals surface area contributed by atoms with E-state index in [2.05, 4.69) is 48.5 Å². The summed E-state index contributed by atoms with van der Waals surface area (Å²) in [6.07, 6.45) is 0.353. The highest BCUT2D eigenvalue weighted by molar-refractivity contribution is 6.58. The molecule has 0 aliphatic heterocycles. The topological polar surface area (TPSA) is 17.1 Å². The van der Waals surface area contributed by atoms with E-state index >= 15 is 0 Å². The minimum atomic E-state index is -1.29. The Hall–Kier alpha value is -2.09. The van der Waals surface area contributed by atoms with Crippen LogP contribution >= 0.6 is 23.2 Å². The number of Topliss-reactive ketones (excluding diaryl/α,β-unsaturated/α-hetero) is 1. The Kier molecular flexibility index (Phi) is 7.24. The number of hydrogen-bond donors (Lipinski definition) is 0. The van der Waals surface area contributed by atoms with Gasteiger partial charge >= 0.3 is 0 Å². The molecule has 1 nitrogen and oxygen atoms in total. The first-order valence-electron chi connectivity index (χ1n) is 8.02. The second-order valence-electron chi connectivity index (χ2n) is 5.66. The monoisotopic (exact) mass is 370 g/mol. The van der Waals surface area contributed by atoms with Crippen molar-refractivity contribution in [2.75, 3.05) is 0 Å². The van der Waals surface area contributed by atoms with Crippen molar-refractivity contribution in [1.29, 1.82) is 0 Å². The highest BCUT2D eigenvalue weighted by Gasteiger charge is 2.29. The van der Waals surface area contributed by atoms with Crippen LogP contribution in [0.5, 0.6) is 0 Å². The molecule has 0 aliphatic carbocycles. The molecule has 0 radical (unpaired) electrons. The van der Waals surface area contributed by atoms with Gasteiger partial charge in [-0.1, -0.05) is 114 Å². The lowest BCUT2D eigenvalue weighted by atomic mass is 10.1. The van der Waals surface area contributed by atoms with E-state index < -0.39 is 4.33 Å². The lowest BCUT2D eigenvalue weighted by Crippen LogP contribution is -2.25. The molecule has 25 heavy (non-hydrogen) atoms. The van der Waals surface area contributed by atoms with Gasteiger partial charge in [0.25, 0.3) is 0 Å². The summed E-state index contributed by atoms with van der Waals surface area (Å²) < 4.78 is -1.29. The van der Waals surface area contributed by atoms with E-state index in [0.29, 0.717) is 6.42 Å². The highest BCUT2D eigenvalue weighted by Crippen LogP contribution is 2.26. The van der Waals surface area contributed by atoms with Gasteiger partial charge in [-0.15, -0.1) is 0 Å². The molecule has 3 rings (SSSR count). The third kappa shape index (κ3) is 6.38. The van der Waals surface area contributed by atoms with Gasteiger partial charge < -0.3 is 0 Å². The van der Waals surface area contributed by atoms with E-state index in [1.165, 1.54) is 18.1 Å². The van der Waals surface area contributed by atoms with Crippen molar-refractivity contribution >= 4 is 29.0 Å². The van der Waals surface area contributed by atoms with E-state index in [1.807, 2.05) is 42.5 Å². The summed E-state index contributed by atoms with van der Waals surface area (Å²) in [5.41, 5.74) is 3.51. The summed E-state index contributed by atoms with van der Waals surface area (Å²) in [5, 5.41) is 0. The van der Waals surface area contributed by atoms with E-state index in [-0.39, 0.29) is 5.78 Å². The lowest BCUT2D eigenvalue weighted by molar-refractivity contribution is -0.117. The molecule has 128 valence electrons. The molecule has 0 heterocycles. The maximum Gasteiger partial charge on any atom is 0.179 e. The molecule has 3 aromatic carbocycles. The zero-order valence-corrected chi connectivity index (χ0v) is 15.5. The van der Waals surface area contributed by atoms with Crippen LogP contribution in [0.4, 0.5) is 0 Å². The van der Waals surface area contributed by atoms with Crippen LogP contribution in [0, 0.1) is 0 Å². The third-order valence-corrected chi connectivity index (χ3v) is 4.46. The van der Waals surface area contributed by atoms with Crippen molar-refractivity contribution in [2.24, 2.45) is 0 Å². The van der Waals surface area contributed by atoms with E-state index in [4.69, 9.17) is 23.2 Å². The normalized spacial score (nSPS) is 10.5. The molecule has 0 aliphatic rings. The maximum absolute atomic E-state index is 11.0. The quantitative estimate of drug-likeness (QED) is 0.489. The Morgan fingerprint density at radius 1 is 0.720 bits per heavy atom. The Morgan fingerprint density at radius 3 is 1.44 bits per heavy atom. The van der Waals surface area contributed by atoms with E-state index in [9.17, 15) is 4.79 Å². The van der Waals surface area contributed by atoms with Crippen LogP contribution in [0.3, 0.4) is 0 Å². The molecule has 0 bridgehead atoms. The predicted octanol–water partition coefficient (Wildman–Crippen LogP) is 6.35. The van der Waals surface area contributed by atoms with Crippen LogP contribution in [-0.4, -0.2) is 10.1 Å². The predicted molar refractivity (Wildman–Crippen MR) is 107 cm³/mol. The fraction of sp³-hybridized carbons (Fsp3) is 0.136. The van der Waals surface area contributed by atoms with Crippen molar-refractivity contribution in [3.63, 3.8) is 0 Å². The summed E-state index contributed by atoms with van der Waals surface area (Å²) >= 11 is 11.6. The SMILES string of the molecule is CC(=O)C(Cl)(Cl)Cc1ccccc1.c1ccc(-c2ccccc2)cc1. The van der Waals surface area contributed by atoms with Crippen molar-refractivity contribution < 1.29 is 4.79 Å². The second-order valence-corrected chi connectivity index (χ2v) is 7.14. The molecule has 0 aromatic heterocycles. The Bertz CT molecular complexity index is 731. The molecule has 0 amide bonds. The maximum atomic E-state index is 11.0. The van der Waals surface area contributed by atoms with Gasteiger partial charge in [-0.2, -0.15) is 0 Å². The minimum absolute atomic E-state index is 0.223. The average Bonchev–Trinajstić information content (AvgIpc) is 2.64. The fourth-order valence-electron chi connectivity index (χ4n) is 2.24. The van der Waals surface area contributed by atoms with Crippen LogP contribution in [0.15, 0.2) is 91.0 Å². The van der Waals surface area contributed by atoms with Crippen LogP contribution < -0.4 is 0 Å². The van der Waals surface area contributed by atoms with Crippen LogP contribution in [-0.2, 0) is 11.2 Å². The fourth-order valence-corrected chi connectivity index (χ4v) is 2.55. The van der Waals surface area contributed by atoms with Gasteiger partial charge in [0, 0.05) is 6.42 Å². The van der Waals surface area contributed by atoms with Crippen LogP contribution in [0.1, 0.15) is 12.5 Å². The molecule has 3 heteroatoms. The highest BCUT2D eigenvalue weighted by atomic mass is 35.5. The van der Waals surface area contributed by atoms with Crippen molar-refractivity contribution in [1.82, 2.24) is 0 Å². The number of carbonyl (C=O) groups excluding carboxylic acids is 1. The zero-order chi connectivity index (χ0) is 18.1. The second kappa shape index (κ2) is 9.41. The largest absolute Gasteiger partial charge is 0.297 e. The number of carbonyl (C=O) groups is 1. The molecule has 3 aromatic rings. The van der Waals surface area contributed by atoms with Gasteiger partial charge in [0.15, 0.2) is 10.1 Å². The van der Waals surface area contributed by atoms with Crippen molar-refractivity contribution in [3.8, 4) is 11.1 Å². The number of hydrogen-bond acceptors (Lipinski definition) is 1. The van der Waals surface area contributed by atoms with Gasteiger partial charge in [-0.3, -0.25) is 4.79 Å². The summed E-state index contributed by atoms with van der Waals surface area (Å²) in [6, 6.07) is 30.2. The molecule has 0 fully saturated rings. The minimum Gasteiger partial charge on any atom is -0.297 e. The Balaban J connectivity index is 0.000000181. The Morgan fingerprint density at radius 2 is 1.08 bits per heavy atom. The van der Waals surface area contributed by atoms with Crippen LogP contribution in [0.25, 0.3) is 11.1 Å². The summed E-state index contributed by atoms with van der Waals surface area (Å²) in [7, 11) is 0. The first-order chi connectivity index (χ1) is 12.0. The molecule has 0 unspecified atom stereocenters. The van der Waals surface area contributed by atoms with Gasteiger partial charge in [0.05, 0.1) is 0 Å².